The Morgan fingerprint density at radius 1 is 1.38 bits per heavy atom. The highest BCUT2D eigenvalue weighted by Crippen LogP contribution is 2.28. The van der Waals surface area contributed by atoms with Crippen LogP contribution in [0.1, 0.15) is 12.8 Å². The second-order valence-corrected chi connectivity index (χ2v) is 4.57. The van der Waals surface area contributed by atoms with Crippen molar-refractivity contribution in [2.75, 3.05) is 18.5 Å². The van der Waals surface area contributed by atoms with Crippen molar-refractivity contribution in [3.05, 3.63) is 29.8 Å². The minimum Gasteiger partial charge on any atom is -0.372 e. The second kappa shape index (κ2) is 4.37. The van der Waals surface area contributed by atoms with Crippen molar-refractivity contribution in [1.29, 1.82) is 0 Å². The average Bonchev–Trinajstić information content (AvgIpc) is 2.19. The maximum Gasteiger partial charge on any atom is 0.146 e. The molecule has 1 fully saturated rings. The highest BCUT2D eigenvalue weighted by atomic mass is 19.1. The SMILES string of the molecule is CN(CC1CC(N)C1)c1cc(F)ccc1F. The molecule has 0 saturated heterocycles. The summed E-state index contributed by atoms with van der Waals surface area (Å²) in [6.07, 6.45) is 1.95. The summed E-state index contributed by atoms with van der Waals surface area (Å²) >= 11 is 0. The molecular weight excluding hydrogens is 210 g/mol. The van der Waals surface area contributed by atoms with Crippen molar-refractivity contribution < 1.29 is 8.78 Å². The van der Waals surface area contributed by atoms with Gasteiger partial charge in [0.2, 0.25) is 0 Å². The van der Waals surface area contributed by atoms with E-state index < -0.39 is 5.82 Å². The molecule has 1 aromatic carbocycles. The van der Waals surface area contributed by atoms with Crippen LogP contribution in [-0.4, -0.2) is 19.6 Å². The first-order valence-corrected chi connectivity index (χ1v) is 5.48. The van der Waals surface area contributed by atoms with Gasteiger partial charge in [-0.3, -0.25) is 0 Å². The summed E-state index contributed by atoms with van der Waals surface area (Å²) in [5, 5.41) is 0. The van der Waals surface area contributed by atoms with Crippen LogP contribution in [0.4, 0.5) is 14.5 Å². The molecule has 88 valence electrons. The first-order chi connectivity index (χ1) is 7.56. The van der Waals surface area contributed by atoms with Gasteiger partial charge in [-0.05, 0) is 30.9 Å². The number of halogens is 2. The lowest BCUT2D eigenvalue weighted by Crippen LogP contribution is -2.42. The first-order valence-electron chi connectivity index (χ1n) is 5.48. The average molecular weight is 226 g/mol. The predicted molar refractivity (Wildman–Crippen MR) is 60.3 cm³/mol. The molecule has 16 heavy (non-hydrogen) atoms. The number of nitrogens with zero attached hydrogens (tertiary/aromatic N) is 1. The van der Waals surface area contributed by atoms with Crippen molar-refractivity contribution >= 4 is 5.69 Å². The van der Waals surface area contributed by atoms with E-state index in [4.69, 9.17) is 5.73 Å². The van der Waals surface area contributed by atoms with E-state index in [9.17, 15) is 8.78 Å². The minimum absolute atomic E-state index is 0.288. The van der Waals surface area contributed by atoms with Crippen LogP contribution in [0.15, 0.2) is 18.2 Å². The Kier molecular flexibility index (Phi) is 3.10. The standard InChI is InChI=1S/C12H16F2N2/c1-16(7-8-4-10(15)5-8)12-6-9(13)2-3-11(12)14/h2-3,6,8,10H,4-5,7,15H2,1H3. The fourth-order valence-electron chi connectivity index (χ4n) is 2.20. The highest BCUT2D eigenvalue weighted by Gasteiger charge is 2.27. The van der Waals surface area contributed by atoms with E-state index in [1.807, 2.05) is 0 Å². The largest absolute Gasteiger partial charge is 0.372 e. The molecule has 0 atom stereocenters. The number of benzene rings is 1. The third-order valence-corrected chi connectivity index (χ3v) is 3.12. The van der Waals surface area contributed by atoms with Crippen LogP contribution < -0.4 is 10.6 Å². The molecule has 1 aromatic rings. The number of hydrogen-bond acceptors (Lipinski definition) is 2. The molecule has 0 aromatic heterocycles. The Morgan fingerprint density at radius 3 is 2.69 bits per heavy atom. The third-order valence-electron chi connectivity index (χ3n) is 3.12. The molecule has 0 heterocycles. The van der Waals surface area contributed by atoms with Crippen molar-refractivity contribution in [3.8, 4) is 0 Å². The molecule has 0 bridgehead atoms. The molecular formula is C12H16F2N2. The van der Waals surface area contributed by atoms with Gasteiger partial charge in [0.25, 0.3) is 0 Å². The predicted octanol–water partition coefficient (Wildman–Crippen LogP) is 2.14. The molecule has 0 unspecified atom stereocenters. The zero-order valence-corrected chi connectivity index (χ0v) is 9.29. The van der Waals surface area contributed by atoms with Gasteiger partial charge in [0, 0.05) is 25.7 Å². The Balaban J connectivity index is 2.02. The molecule has 1 aliphatic carbocycles. The first kappa shape index (κ1) is 11.3. The smallest absolute Gasteiger partial charge is 0.146 e. The molecule has 2 nitrogen and oxygen atoms in total. The molecule has 1 saturated carbocycles. The van der Waals surface area contributed by atoms with Crippen LogP contribution in [0, 0.1) is 17.6 Å². The summed E-state index contributed by atoms with van der Waals surface area (Å²) in [6.45, 7) is 0.730. The van der Waals surface area contributed by atoms with Crippen molar-refractivity contribution in [1.82, 2.24) is 0 Å². The maximum atomic E-state index is 13.4. The normalized spacial score (nSPS) is 24.0. The number of nitrogens with two attached hydrogens (primary N) is 1. The van der Waals surface area contributed by atoms with E-state index in [-0.39, 0.29) is 11.9 Å². The number of rotatable bonds is 3. The molecule has 1 aliphatic rings. The van der Waals surface area contributed by atoms with Crippen LogP contribution in [0.5, 0.6) is 0 Å². The van der Waals surface area contributed by atoms with Gasteiger partial charge < -0.3 is 10.6 Å². The highest BCUT2D eigenvalue weighted by molar-refractivity contribution is 5.47. The summed E-state index contributed by atoms with van der Waals surface area (Å²) in [7, 11) is 1.78. The quantitative estimate of drug-likeness (QED) is 0.855. The molecule has 0 spiro atoms. The number of anilines is 1. The lowest BCUT2D eigenvalue weighted by molar-refractivity contribution is 0.270. The lowest BCUT2D eigenvalue weighted by Gasteiger charge is -2.36. The molecule has 0 amide bonds. The summed E-state index contributed by atoms with van der Waals surface area (Å²) in [4.78, 5) is 1.76. The zero-order chi connectivity index (χ0) is 11.7. The van der Waals surface area contributed by atoms with Crippen LogP contribution in [0.3, 0.4) is 0 Å². The molecule has 0 radical (unpaired) electrons. The lowest BCUT2D eigenvalue weighted by atomic mass is 9.80. The van der Waals surface area contributed by atoms with Crippen LogP contribution in [-0.2, 0) is 0 Å². The minimum atomic E-state index is -0.409. The van der Waals surface area contributed by atoms with Gasteiger partial charge in [-0.2, -0.15) is 0 Å². The zero-order valence-electron chi connectivity index (χ0n) is 9.29. The van der Waals surface area contributed by atoms with E-state index >= 15 is 0 Å². The van der Waals surface area contributed by atoms with Crippen molar-refractivity contribution in [2.45, 2.75) is 18.9 Å². The Hall–Kier alpha value is -1.16. The topological polar surface area (TPSA) is 29.3 Å². The molecule has 2 N–H and O–H groups in total. The van der Waals surface area contributed by atoms with Gasteiger partial charge in [0.15, 0.2) is 0 Å². The second-order valence-electron chi connectivity index (χ2n) is 4.57. The summed E-state index contributed by atoms with van der Waals surface area (Å²) < 4.78 is 26.4. The van der Waals surface area contributed by atoms with Gasteiger partial charge in [-0.25, -0.2) is 8.78 Å². The van der Waals surface area contributed by atoms with Gasteiger partial charge in [0.05, 0.1) is 5.69 Å². The van der Waals surface area contributed by atoms with Crippen LogP contribution >= 0.6 is 0 Å². The Morgan fingerprint density at radius 2 is 2.06 bits per heavy atom. The van der Waals surface area contributed by atoms with Gasteiger partial charge in [0.1, 0.15) is 11.6 Å². The fraction of sp³-hybridized carbons (Fsp3) is 0.500. The fourth-order valence-corrected chi connectivity index (χ4v) is 2.20. The van der Waals surface area contributed by atoms with E-state index in [1.165, 1.54) is 6.07 Å². The molecule has 2 rings (SSSR count). The van der Waals surface area contributed by atoms with Crippen LogP contribution in [0.2, 0.25) is 0 Å². The van der Waals surface area contributed by atoms with Gasteiger partial charge in [-0.15, -0.1) is 0 Å². The summed E-state index contributed by atoms with van der Waals surface area (Å²) in [6, 6.07) is 3.81. The molecule has 0 aliphatic heterocycles. The number of hydrogen-bond donors (Lipinski definition) is 1. The monoisotopic (exact) mass is 226 g/mol. The van der Waals surface area contributed by atoms with E-state index in [0.717, 1.165) is 31.5 Å². The van der Waals surface area contributed by atoms with Gasteiger partial charge >= 0.3 is 0 Å². The van der Waals surface area contributed by atoms with Crippen molar-refractivity contribution in [3.63, 3.8) is 0 Å². The Bertz CT molecular complexity index is 375. The maximum absolute atomic E-state index is 13.4. The van der Waals surface area contributed by atoms with E-state index in [2.05, 4.69) is 0 Å². The van der Waals surface area contributed by atoms with Gasteiger partial charge in [-0.1, -0.05) is 0 Å². The third kappa shape index (κ3) is 2.32. The van der Waals surface area contributed by atoms with E-state index in [0.29, 0.717) is 11.6 Å². The Labute approximate surface area is 94.0 Å². The van der Waals surface area contributed by atoms with Crippen LogP contribution in [0.25, 0.3) is 0 Å². The van der Waals surface area contributed by atoms with Crippen molar-refractivity contribution in [2.24, 2.45) is 11.7 Å². The molecule has 4 heteroatoms. The summed E-state index contributed by atoms with van der Waals surface area (Å²) in [5.74, 6) is -0.288. The summed E-state index contributed by atoms with van der Waals surface area (Å²) in [5.41, 5.74) is 6.00. The van der Waals surface area contributed by atoms with E-state index in [1.54, 1.807) is 11.9 Å².